The summed E-state index contributed by atoms with van der Waals surface area (Å²) >= 11 is 0. The Morgan fingerprint density at radius 1 is 1.20 bits per heavy atom. The molecule has 110 valence electrons. The van der Waals surface area contributed by atoms with Crippen molar-refractivity contribution in [1.29, 1.82) is 0 Å². The topological polar surface area (TPSA) is 12.5 Å². The van der Waals surface area contributed by atoms with E-state index in [0.717, 1.165) is 12.1 Å². The molecule has 5 heteroatoms. The second-order valence-corrected chi connectivity index (χ2v) is 4.46. The standard InChI is InChI=1S/C15H18F3NO/c1-10(2)19(11(3)12(4)20-5)14-8-6-7-13(9-14)15(16,17)18/h6-9H,1H2,2-5H3/b12-11+. The quantitative estimate of drug-likeness (QED) is 0.726. The Labute approximate surface area is 117 Å². The minimum Gasteiger partial charge on any atom is -0.500 e. The second-order valence-electron chi connectivity index (χ2n) is 4.46. The number of methoxy groups -OCH3 is 1. The molecule has 1 aromatic carbocycles. The number of nitrogens with zero attached hydrogens (tertiary/aromatic N) is 1. The summed E-state index contributed by atoms with van der Waals surface area (Å²) in [5.41, 5.74) is 1.02. The van der Waals surface area contributed by atoms with E-state index >= 15 is 0 Å². The van der Waals surface area contributed by atoms with E-state index in [9.17, 15) is 13.2 Å². The number of anilines is 1. The highest BCUT2D eigenvalue weighted by molar-refractivity contribution is 5.58. The fourth-order valence-corrected chi connectivity index (χ4v) is 1.83. The summed E-state index contributed by atoms with van der Waals surface area (Å²) in [7, 11) is 1.52. The van der Waals surface area contributed by atoms with Crippen molar-refractivity contribution in [2.24, 2.45) is 0 Å². The first-order valence-corrected chi connectivity index (χ1v) is 6.03. The van der Waals surface area contributed by atoms with Gasteiger partial charge in [-0.05, 0) is 39.0 Å². The van der Waals surface area contributed by atoms with Crippen molar-refractivity contribution in [3.8, 4) is 0 Å². The molecule has 0 aliphatic carbocycles. The van der Waals surface area contributed by atoms with Crippen molar-refractivity contribution in [3.63, 3.8) is 0 Å². The van der Waals surface area contributed by atoms with Crippen LogP contribution in [0.15, 0.2) is 48.0 Å². The van der Waals surface area contributed by atoms with Crippen LogP contribution < -0.4 is 4.90 Å². The minimum absolute atomic E-state index is 0.404. The van der Waals surface area contributed by atoms with E-state index in [1.807, 2.05) is 0 Å². The number of ether oxygens (including phenoxy) is 1. The predicted molar refractivity (Wildman–Crippen MR) is 74.1 cm³/mol. The lowest BCUT2D eigenvalue weighted by Crippen LogP contribution is -2.20. The predicted octanol–water partition coefficient (Wildman–Crippen LogP) is 4.94. The number of allylic oxidation sites excluding steroid dienone is 3. The molecule has 0 aliphatic heterocycles. The summed E-state index contributed by atoms with van der Waals surface area (Å²) in [5.74, 6) is 0.616. The van der Waals surface area contributed by atoms with E-state index in [1.54, 1.807) is 31.7 Å². The molecule has 0 radical (unpaired) electrons. The average molecular weight is 285 g/mol. The van der Waals surface area contributed by atoms with Crippen molar-refractivity contribution in [1.82, 2.24) is 0 Å². The lowest BCUT2D eigenvalue weighted by Gasteiger charge is -2.27. The van der Waals surface area contributed by atoms with Crippen molar-refractivity contribution >= 4 is 5.69 Å². The average Bonchev–Trinajstić information content (AvgIpc) is 2.36. The monoisotopic (exact) mass is 285 g/mol. The molecule has 0 N–H and O–H groups in total. The number of hydrogen-bond donors (Lipinski definition) is 0. The fourth-order valence-electron chi connectivity index (χ4n) is 1.83. The lowest BCUT2D eigenvalue weighted by atomic mass is 10.1. The van der Waals surface area contributed by atoms with Gasteiger partial charge in [-0.2, -0.15) is 13.2 Å². The molecule has 0 aromatic heterocycles. The van der Waals surface area contributed by atoms with E-state index in [2.05, 4.69) is 6.58 Å². The summed E-state index contributed by atoms with van der Waals surface area (Å²) in [4.78, 5) is 1.63. The zero-order valence-corrected chi connectivity index (χ0v) is 12.0. The third kappa shape index (κ3) is 3.56. The number of hydrogen-bond acceptors (Lipinski definition) is 2. The molecule has 0 aliphatic rings. The number of benzene rings is 1. The first-order chi connectivity index (χ1) is 9.18. The summed E-state index contributed by atoms with van der Waals surface area (Å²) < 4.78 is 43.5. The molecule has 0 fully saturated rings. The summed E-state index contributed by atoms with van der Waals surface area (Å²) in [5, 5.41) is 0. The lowest BCUT2D eigenvalue weighted by molar-refractivity contribution is -0.137. The molecular weight excluding hydrogens is 267 g/mol. The maximum absolute atomic E-state index is 12.8. The number of rotatable bonds is 4. The van der Waals surface area contributed by atoms with Gasteiger partial charge in [0.25, 0.3) is 0 Å². The smallest absolute Gasteiger partial charge is 0.416 e. The highest BCUT2D eigenvalue weighted by Gasteiger charge is 2.31. The van der Waals surface area contributed by atoms with Crippen LogP contribution >= 0.6 is 0 Å². The molecule has 0 heterocycles. The highest BCUT2D eigenvalue weighted by Crippen LogP contribution is 2.33. The van der Waals surface area contributed by atoms with Crippen LogP contribution in [0.25, 0.3) is 0 Å². The first kappa shape index (κ1) is 16.1. The Balaban J connectivity index is 3.35. The van der Waals surface area contributed by atoms with Crippen LogP contribution in [0, 0.1) is 0 Å². The van der Waals surface area contributed by atoms with Gasteiger partial charge in [0.05, 0.1) is 18.4 Å². The fraction of sp³-hybridized carbons (Fsp3) is 0.333. The Hall–Kier alpha value is -1.91. The van der Waals surface area contributed by atoms with Gasteiger partial charge in [-0.15, -0.1) is 0 Å². The normalized spacial score (nSPS) is 12.8. The van der Waals surface area contributed by atoms with Crippen LogP contribution in [0.2, 0.25) is 0 Å². The molecule has 20 heavy (non-hydrogen) atoms. The van der Waals surface area contributed by atoms with Gasteiger partial charge in [-0.1, -0.05) is 12.6 Å². The van der Waals surface area contributed by atoms with Gasteiger partial charge >= 0.3 is 6.18 Å². The zero-order chi connectivity index (χ0) is 15.5. The molecular formula is C15H18F3NO. The van der Waals surface area contributed by atoms with Gasteiger partial charge in [0.1, 0.15) is 5.76 Å². The largest absolute Gasteiger partial charge is 0.500 e. The third-order valence-corrected chi connectivity index (χ3v) is 2.96. The van der Waals surface area contributed by atoms with Crippen molar-refractivity contribution < 1.29 is 17.9 Å². The van der Waals surface area contributed by atoms with Crippen molar-refractivity contribution in [3.05, 3.63) is 53.6 Å². The summed E-state index contributed by atoms with van der Waals surface area (Å²) in [6, 6.07) is 5.13. The third-order valence-electron chi connectivity index (χ3n) is 2.96. The highest BCUT2D eigenvalue weighted by atomic mass is 19.4. The minimum atomic E-state index is -4.37. The van der Waals surface area contributed by atoms with E-state index in [0.29, 0.717) is 22.8 Å². The Morgan fingerprint density at radius 3 is 2.25 bits per heavy atom. The van der Waals surface area contributed by atoms with E-state index in [-0.39, 0.29) is 0 Å². The van der Waals surface area contributed by atoms with Gasteiger partial charge in [0.15, 0.2) is 0 Å². The van der Waals surface area contributed by atoms with Crippen LogP contribution in [-0.4, -0.2) is 7.11 Å². The van der Waals surface area contributed by atoms with E-state index in [4.69, 9.17) is 4.74 Å². The Bertz CT molecular complexity index is 532. The molecule has 0 atom stereocenters. The molecule has 0 saturated carbocycles. The van der Waals surface area contributed by atoms with Crippen LogP contribution in [0.5, 0.6) is 0 Å². The maximum atomic E-state index is 12.8. The number of alkyl halides is 3. The van der Waals surface area contributed by atoms with Crippen molar-refractivity contribution in [2.75, 3.05) is 12.0 Å². The van der Waals surface area contributed by atoms with Crippen LogP contribution in [0.4, 0.5) is 18.9 Å². The molecule has 0 unspecified atom stereocenters. The van der Waals surface area contributed by atoms with Crippen LogP contribution in [0.1, 0.15) is 26.3 Å². The van der Waals surface area contributed by atoms with E-state index < -0.39 is 11.7 Å². The molecule has 1 aromatic rings. The molecule has 0 bridgehead atoms. The summed E-state index contributed by atoms with van der Waals surface area (Å²) in [6.45, 7) is 9.07. The van der Waals surface area contributed by atoms with Gasteiger partial charge in [0.2, 0.25) is 0 Å². The van der Waals surface area contributed by atoms with Gasteiger partial charge < -0.3 is 9.64 Å². The molecule has 2 nitrogen and oxygen atoms in total. The molecule has 1 rings (SSSR count). The maximum Gasteiger partial charge on any atom is 0.416 e. The van der Waals surface area contributed by atoms with Crippen molar-refractivity contribution in [2.45, 2.75) is 26.9 Å². The van der Waals surface area contributed by atoms with Crippen LogP contribution in [0.3, 0.4) is 0 Å². The van der Waals surface area contributed by atoms with Gasteiger partial charge in [-0.25, -0.2) is 0 Å². The Kier molecular flexibility index (Phi) is 4.87. The molecule has 0 saturated heterocycles. The van der Waals surface area contributed by atoms with Gasteiger partial charge in [0, 0.05) is 11.4 Å². The zero-order valence-electron chi connectivity index (χ0n) is 12.0. The molecule has 0 amide bonds. The van der Waals surface area contributed by atoms with E-state index in [1.165, 1.54) is 13.2 Å². The van der Waals surface area contributed by atoms with Gasteiger partial charge in [-0.3, -0.25) is 0 Å². The molecule has 0 spiro atoms. The number of halogens is 3. The second kappa shape index (κ2) is 6.03. The SMILES string of the molecule is C=C(C)N(/C(C)=C(\C)OC)c1cccc(C(F)(F)F)c1. The van der Waals surface area contributed by atoms with Crippen LogP contribution in [-0.2, 0) is 10.9 Å². The first-order valence-electron chi connectivity index (χ1n) is 6.03. The Morgan fingerprint density at radius 2 is 1.80 bits per heavy atom. The summed E-state index contributed by atoms with van der Waals surface area (Å²) in [6.07, 6.45) is -4.37.